The third kappa shape index (κ3) is 3.35. The lowest BCUT2D eigenvalue weighted by molar-refractivity contribution is 1.21. The van der Waals surface area contributed by atoms with Gasteiger partial charge in [-0.1, -0.05) is 60.7 Å². The first kappa shape index (κ1) is 17.1. The fourth-order valence-electron chi connectivity index (χ4n) is 3.02. The molecule has 4 aromatic rings. The predicted molar refractivity (Wildman–Crippen MR) is 109 cm³/mol. The molecule has 0 atom stereocenters. The van der Waals surface area contributed by atoms with Gasteiger partial charge in [-0.05, 0) is 23.8 Å². The monoisotopic (exact) mass is 358 g/mol. The normalized spacial score (nSPS) is 10.1. The molecule has 3 aromatic carbocycles. The van der Waals surface area contributed by atoms with E-state index < -0.39 is 0 Å². The zero-order valence-electron chi connectivity index (χ0n) is 14.9. The summed E-state index contributed by atoms with van der Waals surface area (Å²) < 4.78 is 0. The van der Waals surface area contributed by atoms with Crippen molar-refractivity contribution in [2.45, 2.75) is 0 Å². The Bertz CT molecular complexity index is 1180. The molecule has 0 aliphatic heterocycles. The summed E-state index contributed by atoms with van der Waals surface area (Å²) in [6.45, 7) is 7.28. The van der Waals surface area contributed by atoms with Gasteiger partial charge >= 0.3 is 0 Å². The van der Waals surface area contributed by atoms with Crippen LogP contribution in [0.4, 0.5) is 5.69 Å². The number of nitrogens with zero attached hydrogens (tertiary/aromatic N) is 4. The Morgan fingerprint density at radius 1 is 0.786 bits per heavy atom. The quantitative estimate of drug-likeness (QED) is 0.428. The third-order valence-electron chi connectivity index (χ3n) is 4.34. The number of hydrogen-bond acceptors (Lipinski definition) is 3. The minimum Gasteiger partial charge on any atom is -0.252 e. The molecule has 1 aromatic heterocycles. The smallest absolute Gasteiger partial charge is 0.189 e. The Morgan fingerprint density at radius 2 is 1.43 bits per heavy atom. The van der Waals surface area contributed by atoms with Crippen LogP contribution in [0.15, 0.2) is 85.1 Å². The summed E-state index contributed by atoms with van der Waals surface area (Å²) in [5, 5.41) is 9.27. The second kappa shape index (κ2) is 7.53. The van der Waals surface area contributed by atoms with Gasteiger partial charge in [0.15, 0.2) is 5.69 Å². The molecule has 0 saturated carbocycles. The molecule has 0 spiro atoms. The Morgan fingerprint density at radius 3 is 2.04 bits per heavy atom. The van der Waals surface area contributed by atoms with Gasteiger partial charge in [0.1, 0.15) is 0 Å². The summed E-state index contributed by atoms with van der Waals surface area (Å²) in [5.41, 5.74) is 5.65. The fraction of sp³-hybridized carbons (Fsp3) is 0. The molecular weight excluding hydrogens is 344 g/mol. The minimum absolute atomic E-state index is 0.407. The van der Waals surface area contributed by atoms with Crippen LogP contribution in [0.2, 0.25) is 0 Å². The van der Waals surface area contributed by atoms with Crippen LogP contribution in [0.1, 0.15) is 5.56 Å². The van der Waals surface area contributed by atoms with Gasteiger partial charge in [-0.2, -0.15) is 5.26 Å². The summed E-state index contributed by atoms with van der Waals surface area (Å²) >= 11 is 0. The Kier molecular flexibility index (Phi) is 4.61. The average Bonchev–Trinajstić information content (AvgIpc) is 2.79. The lowest BCUT2D eigenvalue weighted by Gasteiger charge is -2.11. The van der Waals surface area contributed by atoms with Crippen LogP contribution in [0.3, 0.4) is 0 Å². The first-order valence-corrected chi connectivity index (χ1v) is 8.69. The molecule has 0 aliphatic rings. The lowest BCUT2D eigenvalue weighted by Crippen LogP contribution is -1.96. The topological polar surface area (TPSA) is 53.9 Å². The molecule has 4 nitrogen and oxygen atoms in total. The summed E-state index contributed by atoms with van der Waals surface area (Å²) in [4.78, 5) is 13.0. The molecule has 4 heteroatoms. The standard InChI is InChI=1S/C24H14N4/c1-26-21-13-17(15-25)12-20(14-21)22-16-27-23(18-8-4-2-5-9-18)24(28-22)19-10-6-3-7-11-19/h2-14,16H. The number of aromatic nitrogens is 2. The van der Waals surface area contributed by atoms with Crippen LogP contribution < -0.4 is 0 Å². The predicted octanol–water partition coefficient (Wildman–Crippen LogP) is 5.90. The molecule has 0 N–H and O–H groups in total. The van der Waals surface area contributed by atoms with Gasteiger partial charge in [-0.3, -0.25) is 4.98 Å². The van der Waals surface area contributed by atoms with Crippen molar-refractivity contribution in [3.8, 4) is 39.8 Å². The van der Waals surface area contributed by atoms with Crippen LogP contribution in [-0.4, -0.2) is 9.97 Å². The molecule has 0 radical (unpaired) electrons. The van der Waals surface area contributed by atoms with Gasteiger partial charge in [-0.25, -0.2) is 9.83 Å². The van der Waals surface area contributed by atoms with Crippen molar-refractivity contribution in [1.82, 2.24) is 9.97 Å². The van der Waals surface area contributed by atoms with Crippen LogP contribution >= 0.6 is 0 Å². The fourth-order valence-corrected chi connectivity index (χ4v) is 3.02. The van der Waals surface area contributed by atoms with Gasteiger partial charge in [0.05, 0.1) is 35.9 Å². The summed E-state index contributed by atoms with van der Waals surface area (Å²) in [7, 11) is 0. The first-order chi connectivity index (χ1) is 13.8. The first-order valence-electron chi connectivity index (χ1n) is 8.69. The Balaban J connectivity index is 1.93. The van der Waals surface area contributed by atoms with E-state index in [0.29, 0.717) is 22.5 Å². The highest BCUT2D eigenvalue weighted by atomic mass is 14.8. The van der Waals surface area contributed by atoms with Crippen LogP contribution in [-0.2, 0) is 0 Å². The molecule has 1 heterocycles. The second-order valence-electron chi connectivity index (χ2n) is 6.18. The molecule has 0 bridgehead atoms. The van der Waals surface area contributed by atoms with Crippen molar-refractivity contribution in [3.05, 3.63) is 102 Å². The van der Waals surface area contributed by atoms with Crippen LogP contribution in [0.25, 0.3) is 38.6 Å². The molecule has 0 unspecified atom stereocenters. The molecule has 0 amide bonds. The largest absolute Gasteiger partial charge is 0.252 e. The van der Waals surface area contributed by atoms with Crippen molar-refractivity contribution < 1.29 is 0 Å². The van der Waals surface area contributed by atoms with E-state index in [1.165, 1.54) is 0 Å². The highest BCUT2D eigenvalue weighted by Gasteiger charge is 2.13. The van der Waals surface area contributed by atoms with E-state index in [1.807, 2.05) is 60.7 Å². The summed E-state index contributed by atoms with van der Waals surface area (Å²) in [5.74, 6) is 0. The molecular formula is C24H14N4. The molecule has 0 fully saturated rings. The van der Waals surface area contributed by atoms with E-state index in [1.54, 1.807) is 24.4 Å². The maximum Gasteiger partial charge on any atom is 0.189 e. The van der Waals surface area contributed by atoms with E-state index >= 15 is 0 Å². The van der Waals surface area contributed by atoms with Gasteiger partial charge in [0.25, 0.3) is 0 Å². The van der Waals surface area contributed by atoms with Crippen molar-refractivity contribution in [1.29, 1.82) is 5.26 Å². The highest BCUT2D eigenvalue weighted by Crippen LogP contribution is 2.32. The Hall–Kier alpha value is -4.28. The summed E-state index contributed by atoms with van der Waals surface area (Å²) in [6, 6.07) is 26.9. The van der Waals surface area contributed by atoms with Crippen molar-refractivity contribution in [3.63, 3.8) is 0 Å². The van der Waals surface area contributed by atoms with E-state index in [2.05, 4.69) is 15.9 Å². The van der Waals surface area contributed by atoms with Gasteiger partial charge < -0.3 is 0 Å². The lowest BCUT2D eigenvalue weighted by atomic mass is 10.0. The molecule has 0 aliphatic carbocycles. The summed E-state index contributed by atoms with van der Waals surface area (Å²) in [6.07, 6.45) is 1.69. The van der Waals surface area contributed by atoms with E-state index in [9.17, 15) is 5.26 Å². The second-order valence-corrected chi connectivity index (χ2v) is 6.18. The van der Waals surface area contributed by atoms with Crippen molar-refractivity contribution >= 4 is 5.69 Å². The maximum absolute atomic E-state index is 9.27. The Labute approximate surface area is 163 Å². The molecule has 0 saturated heterocycles. The van der Waals surface area contributed by atoms with Crippen LogP contribution in [0.5, 0.6) is 0 Å². The number of hydrogen-bond donors (Lipinski definition) is 0. The van der Waals surface area contributed by atoms with E-state index in [-0.39, 0.29) is 0 Å². The van der Waals surface area contributed by atoms with E-state index in [0.717, 1.165) is 22.5 Å². The molecule has 4 rings (SSSR count). The van der Waals surface area contributed by atoms with Gasteiger partial charge in [0, 0.05) is 16.7 Å². The average molecular weight is 358 g/mol. The van der Waals surface area contributed by atoms with Crippen LogP contribution in [0, 0.1) is 17.9 Å². The number of rotatable bonds is 3. The van der Waals surface area contributed by atoms with Crippen molar-refractivity contribution in [2.24, 2.45) is 0 Å². The number of benzene rings is 3. The highest BCUT2D eigenvalue weighted by molar-refractivity contribution is 5.80. The molecule has 130 valence electrons. The van der Waals surface area contributed by atoms with Gasteiger partial charge in [0.2, 0.25) is 0 Å². The van der Waals surface area contributed by atoms with Crippen molar-refractivity contribution in [2.75, 3.05) is 0 Å². The maximum atomic E-state index is 9.27. The minimum atomic E-state index is 0.407. The van der Waals surface area contributed by atoms with Gasteiger partial charge in [-0.15, -0.1) is 0 Å². The molecule has 28 heavy (non-hydrogen) atoms. The number of nitriles is 1. The van der Waals surface area contributed by atoms with E-state index in [4.69, 9.17) is 11.6 Å². The zero-order valence-corrected chi connectivity index (χ0v) is 14.9. The SMILES string of the molecule is [C-]#[N+]c1cc(C#N)cc(-c2cnc(-c3ccccc3)c(-c3ccccc3)n2)c1. The third-order valence-corrected chi connectivity index (χ3v) is 4.34. The zero-order chi connectivity index (χ0) is 19.3.